The monoisotopic (exact) mass is 385 g/mol. The van der Waals surface area contributed by atoms with E-state index >= 15 is 0 Å². The normalized spacial score (nSPS) is 18.4. The van der Waals surface area contributed by atoms with E-state index in [0.717, 1.165) is 24.2 Å². The van der Waals surface area contributed by atoms with Crippen LogP contribution in [0.25, 0.3) is 0 Å². The summed E-state index contributed by atoms with van der Waals surface area (Å²) in [6, 6.07) is 12.7. The number of benzene rings is 2. The zero-order valence-electron chi connectivity index (χ0n) is 14.6. The summed E-state index contributed by atoms with van der Waals surface area (Å²) in [5.74, 6) is -0.0771. The Morgan fingerprint density at radius 1 is 1.19 bits per heavy atom. The molecule has 0 atom stereocenters. The number of rotatable bonds is 4. The molecule has 0 saturated carbocycles. The second kappa shape index (κ2) is 7.13. The smallest absolute Gasteiger partial charge is 0.263 e. The van der Waals surface area contributed by atoms with Gasteiger partial charge in [0.25, 0.3) is 10.0 Å². The molecule has 0 aromatic heterocycles. The highest BCUT2D eigenvalue weighted by molar-refractivity contribution is 7.90. The molecule has 2 aromatic rings. The zero-order chi connectivity index (χ0) is 18.9. The van der Waals surface area contributed by atoms with Crippen LogP contribution in [0.1, 0.15) is 22.3 Å². The maximum absolute atomic E-state index is 12.1. The lowest BCUT2D eigenvalue weighted by atomic mass is 10.0. The molecule has 27 heavy (non-hydrogen) atoms. The number of hydrogen-bond donors (Lipinski definition) is 2. The lowest BCUT2D eigenvalue weighted by Crippen LogP contribution is -2.28. The van der Waals surface area contributed by atoms with Crippen molar-refractivity contribution in [3.63, 3.8) is 0 Å². The van der Waals surface area contributed by atoms with Gasteiger partial charge >= 0.3 is 0 Å². The molecule has 0 spiro atoms. The quantitative estimate of drug-likeness (QED) is 0.824. The average Bonchev–Trinajstić information content (AvgIpc) is 2.95. The van der Waals surface area contributed by atoms with Gasteiger partial charge in [0.15, 0.2) is 0 Å². The highest BCUT2D eigenvalue weighted by atomic mass is 32.2. The Bertz CT molecular complexity index is 1030. The predicted octanol–water partition coefficient (Wildman–Crippen LogP) is 1.11. The largest absolute Gasteiger partial charge is 0.376 e. The Morgan fingerprint density at radius 3 is 2.93 bits per heavy atom. The summed E-state index contributed by atoms with van der Waals surface area (Å²) >= 11 is 0. The molecule has 1 amide bonds. The summed E-state index contributed by atoms with van der Waals surface area (Å²) in [6.45, 7) is 1.58. The SMILES string of the molecule is O=C(CN=C1NS(=O)(=O)c2ccccc21)NCc1ccc2c(c1)COCC2. The van der Waals surface area contributed by atoms with Gasteiger partial charge in [-0.05, 0) is 35.2 Å². The van der Waals surface area contributed by atoms with E-state index in [2.05, 4.69) is 21.1 Å². The lowest BCUT2D eigenvalue weighted by molar-refractivity contribution is -0.119. The number of nitrogens with zero attached hydrogens (tertiary/aromatic N) is 1. The first-order valence-corrected chi connectivity index (χ1v) is 10.1. The Hall–Kier alpha value is -2.71. The summed E-state index contributed by atoms with van der Waals surface area (Å²) in [5, 5.41) is 2.81. The molecule has 2 aliphatic heterocycles. The van der Waals surface area contributed by atoms with Gasteiger partial charge < -0.3 is 10.1 Å². The van der Waals surface area contributed by atoms with Crippen molar-refractivity contribution in [3.8, 4) is 0 Å². The van der Waals surface area contributed by atoms with Crippen molar-refractivity contribution >= 4 is 21.8 Å². The minimum absolute atomic E-state index is 0.153. The third-order valence-corrected chi connectivity index (χ3v) is 5.97. The molecule has 2 aliphatic rings. The van der Waals surface area contributed by atoms with Gasteiger partial charge in [-0.25, -0.2) is 8.42 Å². The molecular formula is C19H19N3O4S. The van der Waals surface area contributed by atoms with E-state index in [1.807, 2.05) is 12.1 Å². The first kappa shape index (κ1) is 17.7. The maximum atomic E-state index is 12.1. The summed E-state index contributed by atoms with van der Waals surface area (Å²) in [6.07, 6.45) is 0.914. The number of hydrogen-bond acceptors (Lipinski definition) is 5. The van der Waals surface area contributed by atoms with Gasteiger partial charge in [-0.2, -0.15) is 0 Å². The zero-order valence-corrected chi connectivity index (χ0v) is 15.4. The summed E-state index contributed by atoms with van der Waals surface area (Å²) in [4.78, 5) is 16.4. The number of nitrogens with one attached hydrogen (secondary N) is 2. The molecule has 8 heteroatoms. The first-order valence-electron chi connectivity index (χ1n) is 8.65. The molecular weight excluding hydrogens is 366 g/mol. The molecule has 0 bridgehead atoms. The van der Waals surface area contributed by atoms with Crippen molar-refractivity contribution in [1.29, 1.82) is 0 Å². The summed E-state index contributed by atoms with van der Waals surface area (Å²) in [5.41, 5.74) is 3.92. The van der Waals surface area contributed by atoms with Crippen LogP contribution in [0.2, 0.25) is 0 Å². The Kier molecular flexibility index (Phi) is 4.67. The van der Waals surface area contributed by atoms with E-state index in [0.29, 0.717) is 18.7 Å². The highest BCUT2D eigenvalue weighted by Crippen LogP contribution is 2.22. The van der Waals surface area contributed by atoms with Crippen LogP contribution in [0.15, 0.2) is 52.4 Å². The molecule has 0 aliphatic carbocycles. The van der Waals surface area contributed by atoms with Gasteiger partial charge in [0.2, 0.25) is 5.91 Å². The van der Waals surface area contributed by atoms with Crippen LogP contribution >= 0.6 is 0 Å². The molecule has 7 nitrogen and oxygen atoms in total. The predicted molar refractivity (Wildman–Crippen MR) is 99.8 cm³/mol. The fourth-order valence-electron chi connectivity index (χ4n) is 3.19. The Labute approximate surface area is 157 Å². The van der Waals surface area contributed by atoms with Gasteiger partial charge in [-0.3, -0.25) is 14.5 Å². The molecule has 0 fully saturated rings. The first-order chi connectivity index (χ1) is 13.0. The molecule has 0 unspecified atom stereocenters. The second-order valence-electron chi connectivity index (χ2n) is 6.45. The van der Waals surface area contributed by atoms with Crippen molar-refractivity contribution in [2.24, 2.45) is 4.99 Å². The Balaban J connectivity index is 1.39. The molecule has 140 valence electrons. The van der Waals surface area contributed by atoms with E-state index < -0.39 is 10.0 Å². The van der Waals surface area contributed by atoms with Crippen LogP contribution in [0.5, 0.6) is 0 Å². The fraction of sp³-hybridized carbons (Fsp3) is 0.263. The van der Waals surface area contributed by atoms with E-state index in [9.17, 15) is 13.2 Å². The topological polar surface area (TPSA) is 96.9 Å². The van der Waals surface area contributed by atoms with E-state index in [4.69, 9.17) is 4.74 Å². The number of ether oxygens (including phenoxy) is 1. The molecule has 2 aromatic carbocycles. The minimum atomic E-state index is -3.59. The van der Waals surface area contributed by atoms with Crippen LogP contribution in [0, 0.1) is 0 Å². The van der Waals surface area contributed by atoms with Crippen molar-refractivity contribution in [3.05, 3.63) is 64.7 Å². The summed E-state index contributed by atoms with van der Waals surface area (Å²) in [7, 11) is -3.59. The molecule has 0 radical (unpaired) electrons. The number of sulfonamides is 1. The van der Waals surface area contributed by atoms with E-state index in [1.54, 1.807) is 18.2 Å². The number of carbonyl (C=O) groups is 1. The van der Waals surface area contributed by atoms with E-state index in [1.165, 1.54) is 11.6 Å². The van der Waals surface area contributed by atoms with Gasteiger partial charge in [0.05, 0.1) is 18.1 Å². The molecule has 2 N–H and O–H groups in total. The van der Waals surface area contributed by atoms with Crippen molar-refractivity contribution in [2.75, 3.05) is 13.2 Å². The second-order valence-corrected chi connectivity index (χ2v) is 8.10. The van der Waals surface area contributed by atoms with Gasteiger partial charge in [-0.1, -0.05) is 30.3 Å². The number of fused-ring (bicyclic) bond motifs is 2. The van der Waals surface area contributed by atoms with Crippen molar-refractivity contribution in [2.45, 2.75) is 24.5 Å². The van der Waals surface area contributed by atoms with Crippen LogP contribution in [0.4, 0.5) is 0 Å². The standard InChI is InChI=1S/C19H19N3O4S/c23-18(20-10-13-5-6-14-7-8-26-12-15(14)9-13)11-21-19-16-3-1-2-4-17(16)27(24,25)22-19/h1-6,9H,7-8,10-12H2,(H,20,23)(H,21,22). The van der Waals surface area contributed by atoms with Gasteiger partial charge in [0.1, 0.15) is 12.4 Å². The number of amides is 1. The fourth-order valence-corrected chi connectivity index (χ4v) is 4.44. The maximum Gasteiger partial charge on any atom is 0.263 e. The van der Waals surface area contributed by atoms with E-state index in [-0.39, 0.29) is 23.2 Å². The molecule has 4 rings (SSSR count). The summed E-state index contributed by atoms with van der Waals surface area (Å²) < 4.78 is 31.9. The third-order valence-electron chi connectivity index (χ3n) is 4.58. The van der Waals surface area contributed by atoms with Crippen LogP contribution < -0.4 is 10.0 Å². The average molecular weight is 385 g/mol. The number of aliphatic imine (C=N–C) groups is 1. The van der Waals surface area contributed by atoms with Crippen LogP contribution in [-0.4, -0.2) is 33.3 Å². The number of carbonyl (C=O) groups excluding carboxylic acids is 1. The highest BCUT2D eigenvalue weighted by Gasteiger charge is 2.30. The minimum Gasteiger partial charge on any atom is -0.376 e. The van der Waals surface area contributed by atoms with Crippen LogP contribution in [-0.2, 0) is 39.1 Å². The van der Waals surface area contributed by atoms with Gasteiger partial charge in [0, 0.05) is 12.1 Å². The van der Waals surface area contributed by atoms with Gasteiger partial charge in [-0.15, -0.1) is 0 Å². The Morgan fingerprint density at radius 2 is 2.04 bits per heavy atom. The molecule has 2 heterocycles. The van der Waals surface area contributed by atoms with Crippen molar-refractivity contribution < 1.29 is 17.9 Å². The number of amidine groups is 1. The van der Waals surface area contributed by atoms with Crippen LogP contribution in [0.3, 0.4) is 0 Å². The van der Waals surface area contributed by atoms with Crippen molar-refractivity contribution in [1.82, 2.24) is 10.0 Å². The molecule has 0 saturated heterocycles. The third kappa shape index (κ3) is 3.72. The lowest BCUT2D eigenvalue weighted by Gasteiger charge is -2.17.